The van der Waals surface area contributed by atoms with Crippen LogP contribution in [0.3, 0.4) is 0 Å². The molecule has 15 heavy (non-hydrogen) atoms. The van der Waals surface area contributed by atoms with Crippen molar-refractivity contribution in [2.24, 2.45) is 0 Å². The Morgan fingerprint density at radius 1 is 1.53 bits per heavy atom. The molecule has 0 aliphatic carbocycles. The average Bonchev–Trinajstić information content (AvgIpc) is 2.25. The minimum absolute atomic E-state index is 0.178. The molecule has 0 amide bonds. The number of carboxylic acids is 1. The molecule has 5 heteroatoms. The molecular formula is C10H13N3O2. The van der Waals surface area contributed by atoms with Gasteiger partial charge in [0, 0.05) is 18.0 Å². The molecule has 0 saturated heterocycles. The summed E-state index contributed by atoms with van der Waals surface area (Å²) in [5, 5.41) is 11.6. The van der Waals surface area contributed by atoms with Crippen LogP contribution in [0.25, 0.3) is 6.08 Å². The largest absolute Gasteiger partial charge is 0.475 e. The fraction of sp³-hybridized carbons (Fsp3) is 0.300. The lowest BCUT2D eigenvalue weighted by molar-refractivity contribution is 0.0683. The molecule has 0 unspecified atom stereocenters. The smallest absolute Gasteiger partial charge is 0.373 e. The van der Waals surface area contributed by atoms with Gasteiger partial charge in [0.2, 0.25) is 5.82 Å². The lowest BCUT2D eigenvalue weighted by Gasteiger charge is -1.94. The highest BCUT2D eigenvalue weighted by atomic mass is 16.4. The van der Waals surface area contributed by atoms with Crippen molar-refractivity contribution in [2.75, 3.05) is 13.6 Å². The number of carboxylic acid groups (broad SMARTS) is 1. The zero-order valence-corrected chi connectivity index (χ0v) is 8.47. The summed E-state index contributed by atoms with van der Waals surface area (Å²) in [5.41, 5.74) is 0.802. The molecule has 1 aromatic heterocycles. The van der Waals surface area contributed by atoms with Gasteiger partial charge in [0.15, 0.2) is 0 Å². The van der Waals surface area contributed by atoms with Crippen molar-refractivity contribution >= 4 is 12.0 Å². The highest BCUT2D eigenvalue weighted by Gasteiger charge is 2.03. The summed E-state index contributed by atoms with van der Waals surface area (Å²) < 4.78 is 0. The Balaban J connectivity index is 2.56. The van der Waals surface area contributed by atoms with Gasteiger partial charge >= 0.3 is 5.97 Å². The Bertz CT molecular complexity index is 346. The molecule has 80 valence electrons. The van der Waals surface area contributed by atoms with Crippen LogP contribution >= 0.6 is 0 Å². The third kappa shape index (κ3) is 3.86. The predicted octanol–water partition coefficient (Wildman–Crippen LogP) is 0.797. The van der Waals surface area contributed by atoms with Crippen molar-refractivity contribution in [2.45, 2.75) is 6.42 Å². The molecule has 5 nitrogen and oxygen atoms in total. The highest BCUT2D eigenvalue weighted by Crippen LogP contribution is 1.99. The SMILES string of the molecule is CNCCC=Cc1cnc(C(=O)O)nc1. The Morgan fingerprint density at radius 3 is 2.73 bits per heavy atom. The van der Waals surface area contributed by atoms with Gasteiger partial charge in [0.25, 0.3) is 0 Å². The van der Waals surface area contributed by atoms with Crippen LogP contribution in [0, 0.1) is 0 Å². The van der Waals surface area contributed by atoms with Crippen LogP contribution in [-0.4, -0.2) is 34.6 Å². The summed E-state index contributed by atoms with van der Waals surface area (Å²) in [4.78, 5) is 17.9. The Labute approximate surface area is 87.9 Å². The van der Waals surface area contributed by atoms with E-state index in [9.17, 15) is 4.79 Å². The molecule has 0 aliphatic heterocycles. The molecule has 1 rings (SSSR count). The molecule has 1 aromatic rings. The summed E-state index contributed by atoms with van der Waals surface area (Å²) in [6.45, 7) is 0.907. The van der Waals surface area contributed by atoms with E-state index in [1.54, 1.807) is 0 Å². The zero-order chi connectivity index (χ0) is 11.1. The van der Waals surface area contributed by atoms with Crippen molar-refractivity contribution in [3.63, 3.8) is 0 Å². The van der Waals surface area contributed by atoms with Gasteiger partial charge in [-0.05, 0) is 20.0 Å². The van der Waals surface area contributed by atoms with Crippen LogP contribution in [0.2, 0.25) is 0 Å². The predicted molar refractivity (Wildman–Crippen MR) is 56.6 cm³/mol. The molecule has 0 fully saturated rings. The van der Waals surface area contributed by atoms with E-state index >= 15 is 0 Å². The second-order valence-electron chi connectivity index (χ2n) is 2.94. The summed E-state index contributed by atoms with van der Waals surface area (Å²) in [5.74, 6) is -1.29. The molecule has 0 spiro atoms. The molecule has 0 bridgehead atoms. The number of nitrogens with one attached hydrogen (secondary N) is 1. The van der Waals surface area contributed by atoms with E-state index in [4.69, 9.17) is 5.11 Å². The van der Waals surface area contributed by atoms with Crippen LogP contribution in [0.5, 0.6) is 0 Å². The van der Waals surface area contributed by atoms with Crippen LogP contribution in [0.15, 0.2) is 18.5 Å². The molecule has 0 atom stereocenters. The number of hydrogen-bond acceptors (Lipinski definition) is 4. The van der Waals surface area contributed by atoms with Crippen molar-refractivity contribution in [3.8, 4) is 0 Å². The number of aromatic carboxylic acids is 1. The molecule has 2 N–H and O–H groups in total. The van der Waals surface area contributed by atoms with Crippen LogP contribution in [0.1, 0.15) is 22.6 Å². The number of aromatic nitrogens is 2. The number of nitrogens with zero attached hydrogens (tertiary/aromatic N) is 2. The molecule has 0 saturated carbocycles. The first kappa shape index (κ1) is 11.3. The Kier molecular flexibility index (Phi) is 4.43. The van der Waals surface area contributed by atoms with Gasteiger partial charge in [-0.3, -0.25) is 0 Å². The Hall–Kier alpha value is -1.75. The quantitative estimate of drug-likeness (QED) is 0.698. The van der Waals surface area contributed by atoms with Gasteiger partial charge in [-0.1, -0.05) is 12.2 Å². The first-order valence-electron chi connectivity index (χ1n) is 4.60. The fourth-order valence-corrected chi connectivity index (χ4v) is 0.982. The van der Waals surface area contributed by atoms with E-state index in [1.165, 1.54) is 12.4 Å². The second kappa shape index (κ2) is 5.87. The monoisotopic (exact) mass is 207 g/mol. The van der Waals surface area contributed by atoms with E-state index in [1.807, 2.05) is 19.2 Å². The van der Waals surface area contributed by atoms with Gasteiger partial charge in [-0.25, -0.2) is 14.8 Å². The third-order valence-electron chi connectivity index (χ3n) is 1.73. The standard InChI is InChI=1S/C10H13N3O2/c1-11-5-3-2-4-8-6-12-9(10(14)15)13-7-8/h2,4,6-7,11H,3,5H2,1H3,(H,14,15). The van der Waals surface area contributed by atoms with E-state index in [2.05, 4.69) is 15.3 Å². The van der Waals surface area contributed by atoms with Gasteiger partial charge < -0.3 is 10.4 Å². The molecule has 0 aromatic carbocycles. The molecule has 0 aliphatic rings. The van der Waals surface area contributed by atoms with Gasteiger partial charge in [-0.2, -0.15) is 0 Å². The number of rotatable bonds is 5. The van der Waals surface area contributed by atoms with E-state index < -0.39 is 5.97 Å². The highest BCUT2D eigenvalue weighted by molar-refractivity contribution is 5.82. The van der Waals surface area contributed by atoms with Gasteiger partial charge in [-0.15, -0.1) is 0 Å². The minimum Gasteiger partial charge on any atom is -0.475 e. The maximum Gasteiger partial charge on any atom is 0.373 e. The van der Waals surface area contributed by atoms with Gasteiger partial charge in [0.1, 0.15) is 0 Å². The fourth-order valence-electron chi connectivity index (χ4n) is 0.982. The first-order valence-corrected chi connectivity index (χ1v) is 4.60. The van der Waals surface area contributed by atoms with Crippen molar-refractivity contribution in [1.29, 1.82) is 0 Å². The van der Waals surface area contributed by atoms with Crippen LogP contribution in [-0.2, 0) is 0 Å². The van der Waals surface area contributed by atoms with E-state index in [-0.39, 0.29) is 5.82 Å². The summed E-state index contributed by atoms with van der Waals surface area (Å²) in [6, 6.07) is 0. The van der Waals surface area contributed by atoms with E-state index in [0.29, 0.717) is 0 Å². The maximum absolute atomic E-state index is 10.5. The third-order valence-corrected chi connectivity index (χ3v) is 1.73. The summed E-state index contributed by atoms with van der Waals surface area (Å²) in [6.07, 6.45) is 7.74. The van der Waals surface area contributed by atoms with Crippen molar-refractivity contribution in [1.82, 2.24) is 15.3 Å². The second-order valence-corrected chi connectivity index (χ2v) is 2.94. The number of carbonyl (C=O) groups is 1. The number of hydrogen-bond donors (Lipinski definition) is 2. The molecular weight excluding hydrogens is 194 g/mol. The topological polar surface area (TPSA) is 75.1 Å². The van der Waals surface area contributed by atoms with Crippen LogP contribution in [0.4, 0.5) is 0 Å². The zero-order valence-electron chi connectivity index (χ0n) is 8.47. The Morgan fingerprint density at radius 2 is 2.20 bits per heavy atom. The normalized spacial score (nSPS) is 10.7. The lowest BCUT2D eigenvalue weighted by atomic mass is 10.3. The van der Waals surface area contributed by atoms with Crippen molar-refractivity contribution < 1.29 is 9.90 Å². The molecule has 1 heterocycles. The lowest BCUT2D eigenvalue weighted by Crippen LogP contribution is -2.05. The van der Waals surface area contributed by atoms with Gasteiger partial charge in [0.05, 0.1) is 0 Å². The summed E-state index contributed by atoms with van der Waals surface area (Å²) in [7, 11) is 1.89. The maximum atomic E-state index is 10.5. The van der Waals surface area contributed by atoms with E-state index in [0.717, 1.165) is 18.5 Å². The minimum atomic E-state index is -1.11. The molecule has 0 radical (unpaired) electrons. The summed E-state index contributed by atoms with van der Waals surface area (Å²) >= 11 is 0. The average molecular weight is 207 g/mol. The van der Waals surface area contributed by atoms with Crippen molar-refractivity contribution in [3.05, 3.63) is 29.9 Å². The first-order chi connectivity index (χ1) is 7.24. The van der Waals surface area contributed by atoms with Crippen LogP contribution < -0.4 is 5.32 Å².